The first kappa shape index (κ1) is 21.8. The average Bonchev–Trinajstić information content (AvgIpc) is 2.79. The summed E-state index contributed by atoms with van der Waals surface area (Å²) < 4.78 is 11.5. The summed E-state index contributed by atoms with van der Waals surface area (Å²) in [6.07, 6.45) is -1.03. The first-order valence-corrected chi connectivity index (χ1v) is 9.70. The zero-order valence-electron chi connectivity index (χ0n) is 17.3. The first-order chi connectivity index (χ1) is 15.0. The van der Waals surface area contributed by atoms with Gasteiger partial charge in [-0.3, -0.25) is 9.59 Å². The molecule has 8 heteroatoms. The van der Waals surface area contributed by atoms with Crippen molar-refractivity contribution in [1.29, 1.82) is 0 Å². The van der Waals surface area contributed by atoms with Gasteiger partial charge in [0.15, 0.2) is 11.8 Å². The van der Waals surface area contributed by atoms with Crippen molar-refractivity contribution in [2.45, 2.75) is 26.1 Å². The Morgan fingerprint density at radius 2 is 1.71 bits per heavy atom. The number of nitrogens with one attached hydrogen (secondary N) is 1. The third kappa shape index (κ3) is 6.02. The van der Waals surface area contributed by atoms with Crippen molar-refractivity contribution in [3.05, 3.63) is 93.9 Å². The number of hydrogen-bond donors (Lipinski definition) is 1. The van der Waals surface area contributed by atoms with Gasteiger partial charge in [0.05, 0.1) is 13.7 Å². The fourth-order valence-corrected chi connectivity index (χ4v) is 2.78. The van der Waals surface area contributed by atoms with Crippen LogP contribution in [0.15, 0.2) is 71.5 Å². The maximum absolute atomic E-state index is 12.4. The van der Waals surface area contributed by atoms with Gasteiger partial charge in [-0.05, 0) is 36.2 Å². The van der Waals surface area contributed by atoms with Gasteiger partial charge in [0.2, 0.25) is 0 Å². The third-order valence-electron chi connectivity index (χ3n) is 4.53. The minimum absolute atomic E-state index is 0.0506. The summed E-state index contributed by atoms with van der Waals surface area (Å²) in [6.45, 7) is 1.98. The molecule has 0 bridgehead atoms. The summed E-state index contributed by atoms with van der Waals surface area (Å²) in [6, 6.07) is 19.1. The van der Waals surface area contributed by atoms with Crippen LogP contribution in [-0.2, 0) is 22.6 Å². The van der Waals surface area contributed by atoms with E-state index in [0.29, 0.717) is 0 Å². The van der Waals surface area contributed by atoms with Gasteiger partial charge in [-0.1, -0.05) is 42.5 Å². The SMILES string of the molecule is COc1ccc(CNC(=O)[C@H](C)OC(=O)c2ccc(=O)n(Cc3ccccc3)n2)cc1. The number of esters is 1. The van der Waals surface area contributed by atoms with Crippen molar-refractivity contribution >= 4 is 11.9 Å². The van der Waals surface area contributed by atoms with E-state index in [-0.39, 0.29) is 24.3 Å². The second-order valence-corrected chi connectivity index (χ2v) is 6.81. The predicted octanol–water partition coefficient (Wildman–Crippen LogP) is 2.16. The molecule has 0 spiro atoms. The molecule has 0 aliphatic rings. The zero-order valence-corrected chi connectivity index (χ0v) is 17.3. The number of methoxy groups -OCH3 is 1. The van der Waals surface area contributed by atoms with Crippen LogP contribution < -0.4 is 15.6 Å². The largest absolute Gasteiger partial charge is 0.497 e. The molecule has 1 atom stereocenters. The van der Waals surface area contributed by atoms with Gasteiger partial charge in [-0.2, -0.15) is 5.10 Å². The molecular weight excluding hydrogens is 398 g/mol. The van der Waals surface area contributed by atoms with E-state index < -0.39 is 18.0 Å². The molecule has 1 amide bonds. The van der Waals surface area contributed by atoms with Crippen LogP contribution in [0.1, 0.15) is 28.5 Å². The predicted molar refractivity (Wildman–Crippen MR) is 114 cm³/mol. The molecule has 0 aliphatic heterocycles. The molecule has 0 fully saturated rings. The molecule has 0 unspecified atom stereocenters. The molecule has 0 saturated heterocycles. The van der Waals surface area contributed by atoms with Crippen molar-refractivity contribution in [2.75, 3.05) is 7.11 Å². The molecule has 0 aliphatic carbocycles. The minimum Gasteiger partial charge on any atom is -0.497 e. The topological polar surface area (TPSA) is 99.5 Å². The average molecular weight is 421 g/mol. The number of rotatable bonds is 8. The number of ether oxygens (including phenoxy) is 2. The quantitative estimate of drug-likeness (QED) is 0.560. The van der Waals surface area contributed by atoms with Crippen LogP contribution in [0.25, 0.3) is 0 Å². The summed E-state index contributed by atoms with van der Waals surface area (Å²) in [7, 11) is 1.58. The monoisotopic (exact) mass is 421 g/mol. The number of benzene rings is 2. The van der Waals surface area contributed by atoms with Gasteiger partial charge in [0.1, 0.15) is 5.75 Å². The summed E-state index contributed by atoms with van der Waals surface area (Å²) in [5.74, 6) is -0.505. The second kappa shape index (κ2) is 10.2. The van der Waals surface area contributed by atoms with Crippen LogP contribution in [0, 0.1) is 0 Å². The maximum Gasteiger partial charge on any atom is 0.359 e. The lowest BCUT2D eigenvalue weighted by molar-refractivity contribution is -0.129. The zero-order chi connectivity index (χ0) is 22.2. The summed E-state index contributed by atoms with van der Waals surface area (Å²) in [5.41, 5.74) is 1.35. The van der Waals surface area contributed by atoms with E-state index in [1.165, 1.54) is 23.7 Å². The Kier molecular flexibility index (Phi) is 7.16. The summed E-state index contributed by atoms with van der Waals surface area (Å²) in [4.78, 5) is 36.8. The molecule has 1 aromatic heterocycles. The molecule has 160 valence electrons. The summed E-state index contributed by atoms with van der Waals surface area (Å²) in [5, 5.41) is 6.79. The lowest BCUT2D eigenvalue weighted by atomic mass is 10.2. The Labute approximate surface area is 179 Å². The fraction of sp³-hybridized carbons (Fsp3) is 0.217. The Balaban J connectivity index is 1.58. The lowest BCUT2D eigenvalue weighted by Gasteiger charge is -2.14. The van der Waals surface area contributed by atoms with Crippen LogP contribution in [0.3, 0.4) is 0 Å². The Hall–Kier alpha value is -3.94. The lowest BCUT2D eigenvalue weighted by Crippen LogP contribution is -2.36. The minimum atomic E-state index is -1.03. The molecule has 8 nitrogen and oxygen atoms in total. The highest BCUT2D eigenvalue weighted by Gasteiger charge is 2.20. The standard InChI is InChI=1S/C23H23N3O5/c1-16(22(28)24-14-17-8-10-19(30-2)11-9-17)31-23(29)20-12-13-21(27)26(25-20)15-18-6-4-3-5-7-18/h3-13,16H,14-15H2,1-2H3,(H,24,28)/t16-/m0/s1. The van der Waals surface area contributed by atoms with Crippen molar-refractivity contribution in [2.24, 2.45) is 0 Å². The molecule has 2 aromatic carbocycles. The highest BCUT2D eigenvalue weighted by Crippen LogP contribution is 2.11. The van der Waals surface area contributed by atoms with Gasteiger partial charge in [0.25, 0.3) is 11.5 Å². The van der Waals surface area contributed by atoms with Gasteiger partial charge < -0.3 is 14.8 Å². The van der Waals surface area contributed by atoms with E-state index in [2.05, 4.69) is 10.4 Å². The van der Waals surface area contributed by atoms with Gasteiger partial charge in [-0.25, -0.2) is 9.48 Å². The Bertz CT molecular complexity index is 1090. The molecule has 1 heterocycles. The van der Waals surface area contributed by atoms with Crippen molar-refractivity contribution in [3.63, 3.8) is 0 Å². The number of nitrogens with zero attached hydrogens (tertiary/aromatic N) is 2. The van der Waals surface area contributed by atoms with Gasteiger partial charge in [0, 0.05) is 12.6 Å². The van der Waals surface area contributed by atoms with E-state index >= 15 is 0 Å². The van der Waals surface area contributed by atoms with E-state index in [4.69, 9.17) is 9.47 Å². The first-order valence-electron chi connectivity index (χ1n) is 9.70. The van der Waals surface area contributed by atoms with Gasteiger partial charge in [-0.15, -0.1) is 0 Å². The van der Waals surface area contributed by atoms with E-state index in [1.54, 1.807) is 19.2 Å². The molecule has 3 aromatic rings. The number of carbonyl (C=O) groups excluding carboxylic acids is 2. The van der Waals surface area contributed by atoms with E-state index in [9.17, 15) is 14.4 Å². The number of amides is 1. The number of aromatic nitrogens is 2. The molecule has 1 N–H and O–H groups in total. The summed E-state index contributed by atoms with van der Waals surface area (Å²) >= 11 is 0. The third-order valence-corrected chi connectivity index (χ3v) is 4.53. The van der Waals surface area contributed by atoms with Crippen LogP contribution in [0.2, 0.25) is 0 Å². The van der Waals surface area contributed by atoms with Crippen LogP contribution in [0.5, 0.6) is 5.75 Å². The highest BCUT2D eigenvalue weighted by atomic mass is 16.5. The van der Waals surface area contributed by atoms with Crippen LogP contribution in [-0.4, -0.2) is 34.9 Å². The maximum atomic E-state index is 12.4. The van der Waals surface area contributed by atoms with E-state index in [1.807, 2.05) is 42.5 Å². The number of carbonyl (C=O) groups is 2. The molecular formula is C23H23N3O5. The molecule has 0 radical (unpaired) electrons. The molecule has 0 saturated carbocycles. The Morgan fingerprint density at radius 3 is 2.39 bits per heavy atom. The van der Waals surface area contributed by atoms with Crippen molar-refractivity contribution in [3.8, 4) is 5.75 Å². The Morgan fingerprint density at radius 1 is 1.00 bits per heavy atom. The van der Waals surface area contributed by atoms with Crippen molar-refractivity contribution < 1.29 is 19.1 Å². The highest BCUT2D eigenvalue weighted by molar-refractivity contribution is 5.90. The smallest absolute Gasteiger partial charge is 0.359 e. The van der Waals surface area contributed by atoms with Crippen LogP contribution in [0.4, 0.5) is 0 Å². The number of hydrogen-bond acceptors (Lipinski definition) is 6. The van der Waals surface area contributed by atoms with E-state index in [0.717, 1.165) is 16.9 Å². The molecule has 3 rings (SSSR count). The normalized spacial score (nSPS) is 11.4. The van der Waals surface area contributed by atoms with Crippen molar-refractivity contribution in [1.82, 2.24) is 15.1 Å². The molecule has 31 heavy (non-hydrogen) atoms. The second-order valence-electron chi connectivity index (χ2n) is 6.81. The van der Waals surface area contributed by atoms with Gasteiger partial charge >= 0.3 is 5.97 Å². The fourth-order valence-electron chi connectivity index (χ4n) is 2.78. The van der Waals surface area contributed by atoms with Crippen LogP contribution >= 0.6 is 0 Å².